The summed E-state index contributed by atoms with van der Waals surface area (Å²) >= 11 is 0. The highest BCUT2D eigenvalue weighted by Gasteiger charge is 2.23. The third kappa shape index (κ3) is 3.15. The molecule has 2 unspecified atom stereocenters. The first kappa shape index (κ1) is 15.3. The van der Waals surface area contributed by atoms with Crippen LogP contribution in [0.3, 0.4) is 0 Å². The van der Waals surface area contributed by atoms with Crippen LogP contribution < -0.4 is 5.32 Å². The van der Waals surface area contributed by atoms with Gasteiger partial charge in [-0.15, -0.1) is 0 Å². The Balaban J connectivity index is 2.46. The third-order valence-electron chi connectivity index (χ3n) is 3.35. The number of aliphatic hydroxyl groups excluding tert-OH is 2. The Morgan fingerprint density at radius 3 is 2.81 bits per heavy atom. The van der Waals surface area contributed by atoms with Crippen LogP contribution in [0.5, 0.6) is 0 Å². The fraction of sp³-hybridized carbons (Fsp3) is 0.357. The van der Waals surface area contributed by atoms with E-state index >= 15 is 0 Å². The van der Waals surface area contributed by atoms with E-state index < -0.39 is 17.1 Å². The van der Waals surface area contributed by atoms with Crippen molar-refractivity contribution in [3.63, 3.8) is 0 Å². The lowest BCUT2D eigenvalue weighted by atomic mass is 9.98. The van der Waals surface area contributed by atoms with Gasteiger partial charge in [-0.3, -0.25) is 15.1 Å². The zero-order valence-corrected chi connectivity index (χ0v) is 11.6. The average molecular weight is 291 g/mol. The van der Waals surface area contributed by atoms with E-state index in [0.717, 1.165) is 0 Å². The molecular weight excluding hydrogens is 274 g/mol. The van der Waals surface area contributed by atoms with Crippen molar-refractivity contribution >= 4 is 16.6 Å². The smallest absolute Gasteiger partial charge is 0.278 e. The van der Waals surface area contributed by atoms with Gasteiger partial charge in [0.25, 0.3) is 5.69 Å². The molecule has 1 aromatic carbocycles. The molecule has 0 spiro atoms. The minimum absolute atomic E-state index is 0.0706. The van der Waals surface area contributed by atoms with E-state index in [1.807, 2.05) is 0 Å². The predicted octanol–water partition coefficient (Wildman–Crippen LogP) is 1.15. The zero-order chi connectivity index (χ0) is 15.4. The van der Waals surface area contributed by atoms with Gasteiger partial charge in [0.1, 0.15) is 6.10 Å². The number of hydrogen-bond acceptors (Lipinski definition) is 6. The van der Waals surface area contributed by atoms with Crippen LogP contribution in [0.2, 0.25) is 0 Å². The summed E-state index contributed by atoms with van der Waals surface area (Å²) in [7, 11) is 1.75. The monoisotopic (exact) mass is 291 g/mol. The van der Waals surface area contributed by atoms with E-state index in [4.69, 9.17) is 0 Å². The first-order valence-corrected chi connectivity index (χ1v) is 6.59. The second kappa shape index (κ2) is 6.57. The van der Waals surface area contributed by atoms with Crippen molar-refractivity contribution < 1.29 is 15.1 Å². The molecule has 1 aromatic heterocycles. The SMILES string of the molecule is CNCCC(O)C(O)c1ccc([N+](=O)[O-])c2cccnc12. The molecule has 7 heteroatoms. The Hall–Kier alpha value is -2.09. The number of nitro benzene ring substituents is 1. The number of pyridine rings is 1. The lowest BCUT2D eigenvalue weighted by Gasteiger charge is -2.19. The van der Waals surface area contributed by atoms with Crippen LogP contribution >= 0.6 is 0 Å². The second-order valence-electron chi connectivity index (χ2n) is 4.74. The molecule has 0 aliphatic carbocycles. The first-order chi connectivity index (χ1) is 10.1. The maximum atomic E-state index is 11.0. The van der Waals surface area contributed by atoms with E-state index in [-0.39, 0.29) is 5.69 Å². The molecule has 2 atom stereocenters. The Morgan fingerprint density at radius 1 is 1.38 bits per heavy atom. The highest BCUT2D eigenvalue weighted by molar-refractivity contribution is 5.90. The van der Waals surface area contributed by atoms with Crippen molar-refractivity contribution in [3.8, 4) is 0 Å². The van der Waals surface area contributed by atoms with Crippen LogP contribution in [0.25, 0.3) is 10.9 Å². The molecule has 0 aliphatic rings. The summed E-state index contributed by atoms with van der Waals surface area (Å²) in [6.45, 7) is 0.552. The van der Waals surface area contributed by atoms with Gasteiger partial charge < -0.3 is 15.5 Å². The van der Waals surface area contributed by atoms with Crippen molar-refractivity contribution in [1.82, 2.24) is 10.3 Å². The van der Waals surface area contributed by atoms with Crippen LogP contribution in [-0.2, 0) is 0 Å². The summed E-state index contributed by atoms with van der Waals surface area (Å²) in [6, 6.07) is 5.95. The van der Waals surface area contributed by atoms with E-state index in [0.29, 0.717) is 29.4 Å². The number of aromatic nitrogens is 1. The van der Waals surface area contributed by atoms with Gasteiger partial charge in [0.2, 0.25) is 0 Å². The zero-order valence-electron chi connectivity index (χ0n) is 11.6. The summed E-state index contributed by atoms with van der Waals surface area (Å²) in [5, 5.41) is 34.5. The maximum absolute atomic E-state index is 11.0. The number of benzene rings is 1. The number of nitrogens with zero attached hydrogens (tertiary/aromatic N) is 2. The molecule has 2 aromatic rings. The largest absolute Gasteiger partial charge is 0.390 e. The van der Waals surface area contributed by atoms with Gasteiger partial charge in [0.15, 0.2) is 0 Å². The molecule has 0 fully saturated rings. The van der Waals surface area contributed by atoms with Gasteiger partial charge in [0, 0.05) is 17.8 Å². The highest BCUT2D eigenvalue weighted by Crippen LogP contribution is 2.31. The number of fused-ring (bicyclic) bond motifs is 1. The van der Waals surface area contributed by atoms with Gasteiger partial charge >= 0.3 is 0 Å². The molecule has 2 rings (SSSR count). The van der Waals surface area contributed by atoms with Gasteiger partial charge in [-0.25, -0.2) is 0 Å². The molecule has 0 amide bonds. The Bertz CT molecular complexity index is 647. The summed E-state index contributed by atoms with van der Waals surface area (Å²) < 4.78 is 0. The lowest BCUT2D eigenvalue weighted by Crippen LogP contribution is -2.23. The number of hydrogen-bond donors (Lipinski definition) is 3. The quantitative estimate of drug-likeness (QED) is 0.544. The summed E-state index contributed by atoms with van der Waals surface area (Å²) in [5.74, 6) is 0. The molecular formula is C14H17N3O4. The van der Waals surface area contributed by atoms with E-state index in [1.54, 1.807) is 19.2 Å². The molecule has 3 N–H and O–H groups in total. The fourth-order valence-corrected chi connectivity index (χ4v) is 2.23. The van der Waals surface area contributed by atoms with Crippen LogP contribution in [-0.4, -0.2) is 39.8 Å². The van der Waals surface area contributed by atoms with Crippen LogP contribution in [0.4, 0.5) is 5.69 Å². The van der Waals surface area contributed by atoms with Gasteiger partial charge in [0.05, 0.1) is 21.9 Å². The highest BCUT2D eigenvalue weighted by atomic mass is 16.6. The number of rotatable bonds is 6. The van der Waals surface area contributed by atoms with E-state index in [1.165, 1.54) is 18.3 Å². The van der Waals surface area contributed by atoms with Crippen molar-refractivity contribution in [3.05, 3.63) is 46.1 Å². The third-order valence-corrected chi connectivity index (χ3v) is 3.35. The van der Waals surface area contributed by atoms with E-state index in [9.17, 15) is 20.3 Å². The lowest BCUT2D eigenvalue weighted by molar-refractivity contribution is -0.383. The van der Waals surface area contributed by atoms with E-state index in [2.05, 4.69) is 10.3 Å². The van der Waals surface area contributed by atoms with Gasteiger partial charge in [-0.05, 0) is 38.2 Å². The molecule has 1 heterocycles. The first-order valence-electron chi connectivity index (χ1n) is 6.59. The molecule has 0 saturated carbocycles. The van der Waals surface area contributed by atoms with Crippen molar-refractivity contribution in [2.75, 3.05) is 13.6 Å². The number of nitrogens with one attached hydrogen (secondary N) is 1. The fourth-order valence-electron chi connectivity index (χ4n) is 2.23. The molecule has 0 saturated heterocycles. The molecule has 21 heavy (non-hydrogen) atoms. The molecule has 0 radical (unpaired) electrons. The molecule has 7 nitrogen and oxygen atoms in total. The number of non-ortho nitro benzene ring substituents is 1. The predicted molar refractivity (Wildman–Crippen MR) is 77.9 cm³/mol. The number of nitro groups is 1. The van der Waals surface area contributed by atoms with Crippen LogP contribution in [0.1, 0.15) is 18.1 Å². The molecule has 0 bridgehead atoms. The Morgan fingerprint density at radius 2 is 2.14 bits per heavy atom. The summed E-state index contributed by atoms with van der Waals surface area (Å²) in [4.78, 5) is 14.7. The minimum atomic E-state index is -1.14. The van der Waals surface area contributed by atoms with Gasteiger partial charge in [-0.1, -0.05) is 0 Å². The van der Waals surface area contributed by atoms with Crippen LogP contribution in [0, 0.1) is 10.1 Å². The maximum Gasteiger partial charge on any atom is 0.278 e. The summed E-state index contributed by atoms with van der Waals surface area (Å²) in [6.07, 6.45) is -0.244. The Kier molecular flexibility index (Phi) is 4.79. The van der Waals surface area contributed by atoms with Crippen molar-refractivity contribution in [2.24, 2.45) is 0 Å². The molecule has 0 aliphatic heterocycles. The number of aliphatic hydroxyl groups is 2. The van der Waals surface area contributed by atoms with Gasteiger partial charge in [-0.2, -0.15) is 0 Å². The topological polar surface area (TPSA) is 109 Å². The average Bonchev–Trinajstić information content (AvgIpc) is 2.50. The normalized spacial score (nSPS) is 14.0. The Labute approximate surface area is 121 Å². The standard InChI is InChI=1S/C14H17N3O4/c1-15-8-6-12(18)14(19)10-4-5-11(17(20)21)9-3-2-7-16-13(9)10/h2-5,7,12,14-15,18-19H,6,8H2,1H3. The second-order valence-corrected chi connectivity index (χ2v) is 4.74. The van der Waals surface area contributed by atoms with Crippen molar-refractivity contribution in [2.45, 2.75) is 18.6 Å². The van der Waals surface area contributed by atoms with Crippen LogP contribution in [0.15, 0.2) is 30.5 Å². The minimum Gasteiger partial charge on any atom is -0.390 e. The van der Waals surface area contributed by atoms with Crippen molar-refractivity contribution in [1.29, 1.82) is 0 Å². The molecule has 112 valence electrons. The summed E-state index contributed by atoms with van der Waals surface area (Å²) in [5.41, 5.74) is 0.654.